The number of carbonyl (C=O) groups is 3. The fraction of sp³-hybridized carbons (Fsp3) is 0.227. The predicted molar refractivity (Wildman–Crippen MR) is 105 cm³/mol. The van der Waals surface area contributed by atoms with E-state index < -0.39 is 12.1 Å². The quantitative estimate of drug-likeness (QED) is 0.725. The van der Waals surface area contributed by atoms with E-state index in [1.165, 1.54) is 16.7 Å². The third-order valence-electron chi connectivity index (χ3n) is 4.62. The number of rotatable bonds is 6. The van der Waals surface area contributed by atoms with E-state index in [9.17, 15) is 14.4 Å². The van der Waals surface area contributed by atoms with E-state index in [1.807, 2.05) is 36.4 Å². The molecule has 0 aromatic heterocycles. The predicted octanol–water partition coefficient (Wildman–Crippen LogP) is 2.70. The molecule has 0 bridgehead atoms. The molecule has 2 aromatic carbocycles. The minimum atomic E-state index is -0.949. The number of hydrogen-bond acceptors (Lipinski definition) is 4. The molecule has 1 atom stereocenters. The van der Waals surface area contributed by atoms with E-state index in [2.05, 4.69) is 6.58 Å². The van der Waals surface area contributed by atoms with Crippen molar-refractivity contribution in [2.45, 2.75) is 19.6 Å². The van der Waals surface area contributed by atoms with Crippen LogP contribution >= 0.6 is 0 Å². The monoisotopic (exact) mass is 378 g/mol. The Balaban J connectivity index is 1.57. The van der Waals surface area contributed by atoms with Gasteiger partial charge in [0, 0.05) is 30.4 Å². The minimum absolute atomic E-state index is 0.285. The lowest BCUT2D eigenvalue weighted by Crippen LogP contribution is -2.39. The molecule has 1 unspecified atom stereocenters. The van der Waals surface area contributed by atoms with Gasteiger partial charge >= 0.3 is 5.97 Å². The number of benzene rings is 2. The maximum atomic E-state index is 12.5. The van der Waals surface area contributed by atoms with Crippen LogP contribution in [0.25, 0.3) is 5.70 Å². The van der Waals surface area contributed by atoms with Gasteiger partial charge in [0.2, 0.25) is 0 Å². The van der Waals surface area contributed by atoms with Crippen molar-refractivity contribution in [1.29, 1.82) is 0 Å². The largest absolute Gasteiger partial charge is 0.451 e. The summed E-state index contributed by atoms with van der Waals surface area (Å²) in [5.74, 6) is -1.26. The summed E-state index contributed by atoms with van der Waals surface area (Å²) in [6, 6.07) is 16.6. The molecule has 1 aliphatic heterocycles. The maximum Gasteiger partial charge on any atom is 0.326 e. The summed E-state index contributed by atoms with van der Waals surface area (Å²) in [5.41, 5.74) is 2.64. The number of carbonyl (C=O) groups excluding carboxylic acids is 3. The van der Waals surface area contributed by atoms with Crippen molar-refractivity contribution >= 4 is 23.5 Å². The van der Waals surface area contributed by atoms with Gasteiger partial charge in [0.25, 0.3) is 11.8 Å². The normalized spacial score (nSPS) is 13.9. The molecule has 0 saturated heterocycles. The smallest absolute Gasteiger partial charge is 0.326 e. The molecule has 0 radical (unpaired) electrons. The van der Waals surface area contributed by atoms with Crippen LogP contribution in [0.3, 0.4) is 0 Å². The standard InChI is InChI=1S/C22H22N2O4/c1-15-18-11-7-8-12-19(18)22(27)24(15)14-20(25)28-16(2)21(26)23(3)13-17-9-5-4-6-10-17/h4-12,16H,1,13-14H2,2-3H3. The summed E-state index contributed by atoms with van der Waals surface area (Å²) in [6.45, 7) is 5.55. The highest BCUT2D eigenvalue weighted by molar-refractivity contribution is 6.10. The number of esters is 1. The van der Waals surface area contributed by atoms with Gasteiger partial charge in [-0.1, -0.05) is 55.1 Å². The first-order valence-corrected chi connectivity index (χ1v) is 8.97. The fourth-order valence-corrected chi connectivity index (χ4v) is 3.16. The molecule has 6 heteroatoms. The summed E-state index contributed by atoms with van der Waals surface area (Å²) >= 11 is 0. The molecule has 144 valence electrons. The Bertz CT molecular complexity index is 888. The minimum Gasteiger partial charge on any atom is -0.451 e. The highest BCUT2D eigenvalue weighted by atomic mass is 16.5. The lowest BCUT2D eigenvalue weighted by molar-refractivity contribution is -0.158. The fourth-order valence-electron chi connectivity index (χ4n) is 3.16. The zero-order valence-corrected chi connectivity index (χ0v) is 15.9. The molecule has 1 aliphatic rings. The molecule has 2 amide bonds. The number of hydrogen-bond donors (Lipinski definition) is 0. The van der Waals surface area contributed by atoms with E-state index in [0.717, 1.165) is 5.56 Å². The Labute approximate surface area is 164 Å². The van der Waals surface area contributed by atoms with Gasteiger partial charge in [0.15, 0.2) is 6.10 Å². The molecule has 6 nitrogen and oxygen atoms in total. The van der Waals surface area contributed by atoms with E-state index in [-0.39, 0.29) is 18.4 Å². The molecular weight excluding hydrogens is 356 g/mol. The molecule has 2 aromatic rings. The number of fused-ring (bicyclic) bond motifs is 1. The highest BCUT2D eigenvalue weighted by Gasteiger charge is 2.33. The lowest BCUT2D eigenvalue weighted by Gasteiger charge is -2.23. The van der Waals surface area contributed by atoms with Crippen LogP contribution in [0.1, 0.15) is 28.4 Å². The Kier molecular flexibility index (Phi) is 5.59. The molecule has 0 fully saturated rings. The van der Waals surface area contributed by atoms with Crippen molar-refractivity contribution < 1.29 is 19.1 Å². The van der Waals surface area contributed by atoms with Gasteiger partial charge in [-0.15, -0.1) is 0 Å². The van der Waals surface area contributed by atoms with E-state index >= 15 is 0 Å². The van der Waals surface area contributed by atoms with Crippen molar-refractivity contribution in [2.24, 2.45) is 0 Å². The van der Waals surface area contributed by atoms with Crippen LogP contribution < -0.4 is 0 Å². The van der Waals surface area contributed by atoms with Gasteiger partial charge in [0.1, 0.15) is 6.54 Å². The Hall–Kier alpha value is -3.41. The summed E-state index contributed by atoms with van der Waals surface area (Å²) in [6.07, 6.45) is -0.949. The first kappa shape index (κ1) is 19.4. The Morgan fingerprint density at radius 3 is 2.32 bits per heavy atom. The zero-order chi connectivity index (χ0) is 20.3. The topological polar surface area (TPSA) is 66.9 Å². The van der Waals surface area contributed by atoms with E-state index in [1.54, 1.807) is 25.2 Å². The molecule has 0 N–H and O–H groups in total. The van der Waals surface area contributed by atoms with Gasteiger partial charge in [-0.05, 0) is 18.6 Å². The average molecular weight is 378 g/mol. The number of amides is 2. The van der Waals surface area contributed by atoms with Crippen LogP contribution in [0, 0.1) is 0 Å². The van der Waals surface area contributed by atoms with Crippen molar-refractivity contribution in [1.82, 2.24) is 9.80 Å². The van der Waals surface area contributed by atoms with Crippen LogP contribution in [0.15, 0.2) is 61.2 Å². The second-order valence-electron chi connectivity index (χ2n) is 6.70. The third kappa shape index (κ3) is 3.96. The van der Waals surface area contributed by atoms with Crippen molar-refractivity contribution in [3.8, 4) is 0 Å². The maximum absolute atomic E-state index is 12.5. The summed E-state index contributed by atoms with van der Waals surface area (Å²) in [4.78, 5) is 40.0. The van der Waals surface area contributed by atoms with Gasteiger partial charge in [-0.25, -0.2) is 0 Å². The van der Waals surface area contributed by atoms with Gasteiger partial charge in [0.05, 0.1) is 0 Å². The van der Waals surface area contributed by atoms with Crippen LogP contribution in [0.2, 0.25) is 0 Å². The van der Waals surface area contributed by atoms with Gasteiger partial charge in [-0.3, -0.25) is 19.3 Å². The molecule has 0 spiro atoms. The summed E-state index contributed by atoms with van der Waals surface area (Å²) < 4.78 is 5.26. The van der Waals surface area contributed by atoms with Gasteiger partial charge < -0.3 is 9.64 Å². The molecule has 1 heterocycles. The van der Waals surface area contributed by atoms with Crippen molar-refractivity contribution in [3.05, 3.63) is 77.9 Å². The molecular formula is C22H22N2O4. The molecule has 28 heavy (non-hydrogen) atoms. The Morgan fingerprint density at radius 1 is 1.07 bits per heavy atom. The van der Waals surface area contributed by atoms with Crippen LogP contribution in [-0.2, 0) is 20.9 Å². The average Bonchev–Trinajstić information content (AvgIpc) is 2.93. The van der Waals surface area contributed by atoms with Crippen LogP contribution in [0.5, 0.6) is 0 Å². The SMILES string of the molecule is C=C1c2ccccc2C(=O)N1CC(=O)OC(C)C(=O)N(C)Cc1ccccc1. The molecule has 0 aliphatic carbocycles. The molecule has 3 rings (SSSR count). The van der Waals surface area contributed by atoms with Crippen LogP contribution in [-0.4, -0.2) is 47.3 Å². The molecule has 0 saturated carbocycles. The van der Waals surface area contributed by atoms with E-state index in [4.69, 9.17) is 4.74 Å². The van der Waals surface area contributed by atoms with E-state index in [0.29, 0.717) is 23.4 Å². The third-order valence-corrected chi connectivity index (χ3v) is 4.62. The Morgan fingerprint density at radius 2 is 1.68 bits per heavy atom. The first-order valence-electron chi connectivity index (χ1n) is 8.97. The van der Waals surface area contributed by atoms with Crippen molar-refractivity contribution in [2.75, 3.05) is 13.6 Å². The number of nitrogens with zero attached hydrogens (tertiary/aromatic N) is 2. The second-order valence-corrected chi connectivity index (χ2v) is 6.70. The van der Waals surface area contributed by atoms with Gasteiger partial charge in [-0.2, -0.15) is 0 Å². The van der Waals surface area contributed by atoms with Crippen LogP contribution in [0.4, 0.5) is 0 Å². The number of ether oxygens (including phenoxy) is 1. The zero-order valence-electron chi connectivity index (χ0n) is 15.9. The first-order chi connectivity index (χ1) is 13.4. The summed E-state index contributed by atoms with van der Waals surface area (Å²) in [7, 11) is 1.65. The van der Waals surface area contributed by atoms with Crippen molar-refractivity contribution in [3.63, 3.8) is 0 Å². The highest BCUT2D eigenvalue weighted by Crippen LogP contribution is 2.30. The number of likely N-dealkylation sites (N-methyl/N-ethyl adjacent to an activating group) is 1. The lowest BCUT2D eigenvalue weighted by atomic mass is 10.1. The second kappa shape index (κ2) is 8.08. The summed E-state index contributed by atoms with van der Waals surface area (Å²) in [5, 5.41) is 0.